The van der Waals surface area contributed by atoms with Gasteiger partial charge in [-0.05, 0) is 36.2 Å². The van der Waals surface area contributed by atoms with Gasteiger partial charge in [0.1, 0.15) is 11.5 Å². The summed E-state index contributed by atoms with van der Waals surface area (Å²) in [5, 5.41) is 7.13. The number of amides is 1. The maximum Gasteiger partial charge on any atom is 0.270 e. The number of anilines is 1. The number of nitrogens with one attached hydrogen (secondary N) is 3. The monoisotopic (exact) mass is 361 g/mol. The van der Waals surface area contributed by atoms with E-state index in [1.165, 1.54) is 10.9 Å². The van der Waals surface area contributed by atoms with Gasteiger partial charge in [0.05, 0.1) is 12.8 Å². The highest BCUT2D eigenvalue weighted by Crippen LogP contribution is 2.17. The van der Waals surface area contributed by atoms with Crippen LogP contribution >= 0.6 is 0 Å². The second kappa shape index (κ2) is 7.74. The predicted octanol–water partition coefficient (Wildman–Crippen LogP) is 3.14. The van der Waals surface area contributed by atoms with Crippen LogP contribution in [0.2, 0.25) is 0 Å². The van der Waals surface area contributed by atoms with Crippen LogP contribution in [0.3, 0.4) is 0 Å². The second-order valence-corrected chi connectivity index (χ2v) is 6.06. The van der Waals surface area contributed by atoms with Gasteiger partial charge in [0.25, 0.3) is 5.91 Å². The summed E-state index contributed by atoms with van der Waals surface area (Å²) in [6.07, 6.45) is 5.89. The minimum Gasteiger partial charge on any atom is -0.467 e. The number of benzene rings is 1. The first kappa shape index (κ1) is 16.8. The number of carbonyl (C=O) groups excluding carboxylic acids is 1. The molecule has 0 aliphatic heterocycles. The van der Waals surface area contributed by atoms with Gasteiger partial charge in [-0.2, -0.15) is 0 Å². The highest BCUT2D eigenvalue weighted by atomic mass is 16.3. The van der Waals surface area contributed by atoms with Crippen LogP contribution in [0.4, 0.5) is 5.95 Å². The van der Waals surface area contributed by atoms with E-state index in [0.29, 0.717) is 24.7 Å². The van der Waals surface area contributed by atoms with E-state index in [9.17, 15) is 4.79 Å². The van der Waals surface area contributed by atoms with E-state index in [0.717, 1.165) is 17.7 Å². The van der Waals surface area contributed by atoms with Crippen molar-refractivity contribution in [2.24, 2.45) is 0 Å². The summed E-state index contributed by atoms with van der Waals surface area (Å²) in [7, 11) is 0. The topological polar surface area (TPSA) is 95.8 Å². The molecule has 3 heterocycles. The van der Waals surface area contributed by atoms with E-state index in [4.69, 9.17) is 4.42 Å². The fourth-order valence-electron chi connectivity index (χ4n) is 2.89. The third-order valence-electron chi connectivity index (χ3n) is 4.24. The van der Waals surface area contributed by atoms with Gasteiger partial charge in [-0.25, -0.2) is 9.97 Å². The molecule has 4 aromatic rings. The van der Waals surface area contributed by atoms with Gasteiger partial charge in [-0.15, -0.1) is 0 Å². The molecule has 0 atom stereocenters. The third-order valence-corrected chi connectivity index (χ3v) is 4.24. The number of para-hydroxylation sites is 1. The van der Waals surface area contributed by atoms with Crippen LogP contribution in [-0.2, 0) is 13.0 Å². The number of furan rings is 1. The molecule has 0 saturated carbocycles. The average Bonchev–Trinajstić information content (AvgIpc) is 3.37. The quantitative estimate of drug-likeness (QED) is 0.470. The van der Waals surface area contributed by atoms with E-state index < -0.39 is 0 Å². The minimum absolute atomic E-state index is 0.224. The molecular weight excluding hydrogens is 342 g/mol. The maximum absolute atomic E-state index is 12.4. The van der Waals surface area contributed by atoms with Crippen molar-refractivity contribution >= 4 is 22.8 Å². The summed E-state index contributed by atoms with van der Waals surface area (Å²) in [4.78, 5) is 24.0. The van der Waals surface area contributed by atoms with E-state index in [2.05, 4.69) is 31.7 Å². The smallest absolute Gasteiger partial charge is 0.270 e. The Balaban J connectivity index is 1.33. The number of rotatable bonds is 7. The lowest BCUT2D eigenvalue weighted by Gasteiger charge is -2.06. The van der Waals surface area contributed by atoms with Crippen molar-refractivity contribution in [1.29, 1.82) is 0 Å². The molecule has 0 aliphatic rings. The van der Waals surface area contributed by atoms with E-state index >= 15 is 0 Å². The number of nitrogens with zero attached hydrogens (tertiary/aromatic N) is 2. The first-order valence-electron chi connectivity index (χ1n) is 8.72. The maximum atomic E-state index is 12.4. The predicted molar refractivity (Wildman–Crippen MR) is 102 cm³/mol. The van der Waals surface area contributed by atoms with Crippen molar-refractivity contribution in [2.45, 2.75) is 13.0 Å². The lowest BCUT2D eigenvalue weighted by molar-refractivity contribution is 0.0949. The molecule has 136 valence electrons. The summed E-state index contributed by atoms with van der Waals surface area (Å²) in [5.41, 5.74) is 2.60. The summed E-state index contributed by atoms with van der Waals surface area (Å²) in [6, 6.07) is 13.4. The Labute approximate surface area is 155 Å². The van der Waals surface area contributed by atoms with E-state index in [1.807, 2.05) is 36.5 Å². The van der Waals surface area contributed by atoms with Crippen LogP contribution in [0.25, 0.3) is 10.9 Å². The lowest BCUT2D eigenvalue weighted by Crippen LogP contribution is -2.26. The highest BCUT2D eigenvalue weighted by Gasteiger charge is 2.09. The third kappa shape index (κ3) is 3.98. The molecule has 4 rings (SSSR count). The number of fused-ring (bicyclic) bond motifs is 1. The molecule has 3 N–H and O–H groups in total. The number of aromatic amines is 1. The zero-order valence-corrected chi connectivity index (χ0v) is 14.6. The van der Waals surface area contributed by atoms with Crippen molar-refractivity contribution in [3.63, 3.8) is 0 Å². The lowest BCUT2D eigenvalue weighted by atomic mass is 10.1. The standard InChI is InChI=1S/C20H19N5O2/c26-19(21-9-7-14-12-23-17-6-2-1-5-16(14)17)18-8-10-22-20(25-18)24-13-15-4-3-11-27-15/h1-6,8,10-12,23H,7,9,13H2,(H,21,26)(H,22,24,25). The van der Waals surface area contributed by atoms with Crippen LogP contribution in [-0.4, -0.2) is 27.4 Å². The molecule has 7 heteroatoms. The van der Waals surface area contributed by atoms with E-state index in [1.54, 1.807) is 18.5 Å². The van der Waals surface area contributed by atoms with Crippen LogP contribution in [0.15, 0.2) is 65.5 Å². The van der Waals surface area contributed by atoms with Crippen molar-refractivity contribution in [2.75, 3.05) is 11.9 Å². The largest absolute Gasteiger partial charge is 0.467 e. The molecule has 1 amide bonds. The van der Waals surface area contributed by atoms with Crippen molar-refractivity contribution in [3.05, 3.63) is 78.1 Å². The highest BCUT2D eigenvalue weighted by molar-refractivity contribution is 5.92. The van der Waals surface area contributed by atoms with E-state index in [-0.39, 0.29) is 5.91 Å². The Morgan fingerprint density at radius 3 is 2.96 bits per heavy atom. The SMILES string of the molecule is O=C(NCCc1c[nH]c2ccccc12)c1ccnc(NCc2ccco2)n1. The minimum atomic E-state index is -0.224. The normalized spacial score (nSPS) is 10.8. The Kier molecular flexibility index (Phi) is 4.82. The number of H-pyrrole nitrogens is 1. The van der Waals surface area contributed by atoms with Gasteiger partial charge in [0.2, 0.25) is 5.95 Å². The van der Waals surface area contributed by atoms with Gasteiger partial charge in [-0.1, -0.05) is 18.2 Å². The Hall–Kier alpha value is -3.61. The Bertz CT molecular complexity index is 1040. The molecule has 0 unspecified atom stereocenters. The first-order valence-corrected chi connectivity index (χ1v) is 8.72. The number of hydrogen-bond acceptors (Lipinski definition) is 5. The zero-order chi connectivity index (χ0) is 18.5. The number of aromatic nitrogens is 3. The van der Waals surface area contributed by atoms with Crippen molar-refractivity contribution in [3.8, 4) is 0 Å². The molecule has 27 heavy (non-hydrogen) atoms. The van der Waals surface area contributed by atoms with Crippen molar-refractivity contribution < 1.29 is 9.21 Å². The van der Waals surface area contributed by atoms with Gasteiger partial charge in [0.15, 0.2) is 0 Å². The molecule has 0 saturated heterocycles. The molecule has 0 radical (unpaired) electrons. The van der Waals surface area contributed by atoms with Crippen LogP contribution in [0.1, 0.15) is 21.8 Å². The summed E-state index contributed by atoms with van der Waals surface area (Å²) >= 11 is 0. The first-order chi connectivity index (χ1) is 13.3. The molecular formula is C20H19N5O2. The molecule has 7 nitrogen and oxygen atoms in total. The van der Waals surface area contributed by atoms with Gasteiger partial charge >= 0.3 is 0 Å². The van der Waals surface area contributed by atoms with Gasteiger partial charge in [0, 0.05) is 29.8 Å². The zero-order valence-electron chi connectivity index (χ0n) is 14.6. The summed E-state index contributed by atoms with van der Waals surface area (Å²) < 4.78 is 5.25. The molecule has 3 aromatic heterocycles. The molecule has 0 spiro atoms. The molecule has 0 bridgehead atoms. The van der Waals surface area contributed by atoms with Gasteiger partial charge in [-0.3, -0.25) is 4.79 Å². The molecule has 1 aromatic carbocycles. The van der Waals surface area contributed by atoms with Gasteiger partial charge < -0.3 is 20.0 Å². The fraction of sp³-hybridized carbons (Fsp3) is 0.150. The Morgan fingerprint density at radius 1 is 1.15 bits per heavy atom. The fourth-order valence-corrected chi connectivity index (χ4v) is 2.89. The Morgan fingerprint density at radius 2 is 2.07 bits per heavy atom. The number of carbonyl (C=O) groups is 1. The number of hydrogen-bond donors (Lipinski definition) is 3. The van der Waals surface area contributed by atoms with Crippen molar-refractivity contribution in [1.82, 2.24) is 20.3 Å². The summed E-state index contributed by atoms with van der Waals surface area (Å²) in [5.74, 6) is 0.932. The summed E-state index contributed by atoms with van der Waals surface area (Å²) in [6.45, 7) is 0.985. The molecule has 0 aliphatic carbocycles. The average molecular weight is 361 g/mol. The van der Waals surface area contributed by atoms with Crippen LogP contribution < -0.4 is 10.6 Å². The van der Waals surface area contributed by atoms with Crippen LogP contribution in [0.5, 0.6) is 0 Å². The molecule has 0 fully saturated rings. The van der Waals surface area contributed by atoms with Crippen LogP contribution in [0, 0.1) is 0 Å². The second-order valence-electron chi connectivity index (χ2n) is 6.06.